The molecule has 0 radical (unpaired) electrons. The van der Waals surface area contributed by atoms with E-state index in [1.165, 1.54) is 18.7 Å². The molecule has 0 aliphatic rings. The Labute approximate surface area is 64.9 Å². The van der Waals surface area contributed by atoms with Crippen LogP contribution in [0.1, 0.15) is 6.92 Å². The van der Waals surface area contributed by atoms with Gasteiger partial charge in [0.15, 0.2) is 0 Å². The van der Waals surface area contributed by atoms with Crippen molar-refractivity contribution in [1.82, 2.24) is 0 Å². The fraction of sp³-hybridized carbons (Fsp3) is 0.286. The standard InChI is InChI=1S/C7H10O2S/c1-5(6(2)10-4)9-7(3)8/h1-2H2,3-4H3. The van der Waals surface area contributed by atoms with E-state index in [-0.39, 0.29) is 5.97 Å². The van der Waals surface area contributed by atoms with Crippen molar-refractivity contribution in [3.8, 4) is 0 Å². The highest BCUT2D eigenvalue weighted by Crippen LogP contribution is 2.17. The Bertz CT molecular complexity index is 172. The van der Waals surface area contributed by atoms with Crippen molar-refractivity contribution in [2.75, 3.05) is 6.26 Å². The van der Waals surface area contributed by atoms with Crippen molar-refractivity contribution in [2.45, 2.75) is 6.92 Å². The van der Waals surface area contributed by atoms with Gasteiger partial charge in [0.2, 0.25) is 0 Å². The lowest BCUT2D eigenvalue weighted by Gasteiger charge is -2.03. The summed E-state index contributed by atoms with van der Waals surface area (Å²) in [6.45, 7) is 8.45. The number of esters is 1. The third-order valence-electron chi connectivity index (χ3n) is 0.824. The van der Waals surface area contributed by atoms with E-state index in [1.54, 1.807) is 0 Å². The van der Waals surface area contributed by atoms with Gasteiger partial charge >= 0.3 is 5.97 Å². The summed E-state index contributed by atoms with van der Waals surface area (Å²) in [6.07, 6.45) is 1.84. The summed E-state index contributed by atoms with van der Waals surface area (Å²) >= 11 is 1.40. The van der Waals surface area contributed by atoms with E-state index in [9.17, 15) is 4.79 Å². The molecule has 0 aromatic carbocycles. The number of carbonyl (C=O) groups is 1. The van der Waals surface area contributed by atoms with Gasteiger partial charge in [-0.05, 0) is 6.26 Å². The third-order valence-corrected chi connectivity index (χ3v) is 1.54. The first-order chi connectivity index (χ1) is 4.57. The normalized spacial score (nSPS) is 8.60. The minimum Gasteiger partial charge on any atom is -0.426 e. The van der Waals surface area contributed by atoms with Crippen LogP contribution in [-0.4, -0.2) is 12.2 Å². The third kappa shape index (κ3) is 3.35. The Morgan fingerprint density at radius 1 is 1.50 bits per heavy atom. The van der Waals surface area contributed by atoms with Gasteiger partial charge < -0.3 is 4.74 Å². The molecule has 0 aromatic heterocycles. The molecule has 0 amide bonds. The van der Waals surface area contributed by atoms with Crippen LogP contribution in [0.25, 0.3) is 0 Å². The highest BCUT2D eigenvalue weighted by molar-refractivity contribution is 8.02. The fourth-order valence-corrected chi connectivity index (χ4v) is 0.614. The van der Waals surface area contributed by atoms with Crippen molar-refractivity contribution in [3.63, 3.8) is 0 Å². The maximum atomic E-state index is 10.3. The lowest BCUT2D eigenvalue weighted by Crippen LogP contribution is -1.97. The van der Waals surface area contributed by atoms with E-state index in [2.05, 4.69) is 17.9 Å². The van der Waals surface area contributed by atoms with Gasteiger partial charge in [0.25, 0.3) is 0 Å². The van der Waals surface area contributed by atoms with Crippen molar-refractivity contribution >= 4 is 17.7 Å². The average molecular weight is 158 g/mol. The largest absolute Gasteiger partial charge is 0.426 e. The number of ether oxygens (including phenoxy) is 1. The molecule has 0 aliphatic heterocycles. The second kappa shape index (κ2) is 4.17. The Balaban J connectivity index is 3.86. The summed E-state index contributed by atoms with van der Waals surface area (Å²) in [5.41, 5.74) is 0. The predicted molar refractivity (Wildman–Crippen MR) is 43.6 cm³/mol. The monoisotopic (exact) mass is 158 g/mol. The van der Waals surface area contributed by atoms with Crippen LogP contribution < -0.4 is 0 Å². The molecule has 0 saturated heterocycles. The van der Waals surface area contributed by atoms with Crippen molar-refractivity contribution in [2.24, 2.45) is 0 Å². The average Bonchev–Trinajstić information content (AvgIpc) is 1.85. The smallest absolute Gasteiger partial charge is 0.308 e. The number of thioether (sulfide) groups is 1. The van der Waals surface area contributed by atoms with Crippen LogP contribution in [0.4, 0.5) is 0 Å². The first-order valence-corrected chi connectivity index (χ1v) is 3.91. The molecule has 0 aromatic rings. The van der Waals surface area contributed by atoms with Crippen molar-refractivity contribution in [3.05, 3.63) is 23.8 Å². The molecule has 0 bridgehead atoms. The summed E-state index contributed by atoms with van der Waals surface area (Å²) in [7, 11) is 0. The molecular formula is C7H10O2S. The lowest BCUT2D eigenvalue weighted by molar-refractivity contribution is -0.136. The number of hydrogen-bond acceptors (Lipinski definition) is 3. The highest BCUT2D eigenvalue weighted by Gasteiger charge is 2.01. The molecule has 0 fully saturated rings. The molecule has 0 spiro atoms. The maximum absolute atomic E-state index is 10.3. The zero-order valence-electron chi connectivity index (χ0n) is 6.14. The molecule has 0 aliphatic carbocycles. The van der Waals surface area contributed by atoms with Crippen LogP contribution in [0.5, 0.6) is 0 Å². The molecule has 0 unspecified atom stereocenters. The molecule has 0 atom stereocenters. The molecule has 0 heterocycles. The topological polar surface area (TPSA) is 26.3 Å². The molecule has 56 valence electrons. The van der Waals surface area contributed by atoms with E-state index in [0.717, 1.165) is 0 Å². The molecule has 0 N–H and O–H groups in total. The van der Waals surface area contributed by atoms with Gasteiger partial charge in [-0.15, -0.1) is 11.8 Å². The van der Waals surface area contributed by atoms with Gasteiger partial charge in [-0.1, -0.05) is 13.2 Å². The molecule has 0 rings (SSSR count). The van der Waals surface area contributed by atoms with Crippen molar-refractivity contribution in [1.29, 1.82) is 0 Å². The van der Waals surface area contributed by atoms with Crippen LogP contribution in [0, 0.1) is 0 Å². The Morgan fingerprint density at radius 2 is 2.00 bits per heavy atom. The van der Waals surface area contributed by atoms with Crippen LogP contribution in [0.15, 0.2) is 23.8 Å². The number of hydrogen-bond donors (Lipinski definition) is 0. The van der Waals surface area contributed by atoms with Gasteiger partial charge in [-0.3, -0.25) is 4.79 Å². The summed E-state index contributed by atoms with van der Waals surface area (Å²) in [6, 6.07) is 0. The molecule has 0 saturated carbocycles. The van der Waals surface area contributed by atoms with E-state index >= 15 is 0 Å². The predicted octanol–water partition coefficient (Wildman–Crippen LogP) is 1.94. The van der Waals surface area contributed by atoms with Gasteiger partial charge in [0.1, 0.15) is 5.76 Å². The Kier molecular flexibility index (Phi) is 3.88. The highest BCUT2D eigenvalue weighted by atomic mass is 32.2. The molecule has 2 nitrogen and oxygen atoms in total. The van der Waals surface area contributed by atoms with Crippen molar-refractivity contribution < 1.29 is 9.53 Å². The molecular weight excluding hydrogens is 148 g/mol. The zero-order valence-corrected chi connectivity index (χ0v) is 6.96. The Morgan fingerprint density at radius 3 is 2.30 bits per heavy atom. The second-order valence-corrected chi connectivity index (χ2v) is 2.55. The fourth-order valence-electron chi connectivity index (χ4n) is 0.344. The van der Waals surface area contributed by atoms with Gasteiger partial charge in [0, 0.05) is 11.8 Å². The van der Waals surface area contributed by atoms with E-state index < -0.39 is 0 Å². The minimum absolute atomic E-state index is 0.333. The van der Waals surface area contributed by atoms with Crippen LogP contribution in [0.3, 0.4) is 0 Å². The molecule has 3 heteroatoms. The van der Waals surface area contributed by atoms with Crippen LogP contribution in [0.2, 0.25) is 0 Å². The number of rotatable bonds is 3. The summed E-state index contributed by atoms with van der Waals surface area (Å²) in [5.74, 6) is -0.0276. The quantitative estimate of drug-likeness (QED) is 0.356. The van der Waals surface area contributed by atoms with Crippen LogP contribution in [-0.2, 0) is 9.53 Å². The maximum Gasteiger partial charge on any atom is 0.308 e. The molecule has 10 heavy (non-hydrogen) atoms. The van der Waals surface area contributed by atoms with Crippen LogP contribution >= 0.6 is 11.8 Å². The summed E-state index contributed by atoms with van der Waals surface area (Å²) in [4.78, 5) is 11.0. The first kappa shape index (κ1) is 9.30. The van der Waals surface area contributed by atoms with E-state index in [1.807, 2.05) is 6.26 Å². The zero-order chi connectivity index (χ0) is 8.15. The van der Waals surface area contributed by atoms with E-state index in [0.29, 0.717) is 10.7 Å². The van der Waals surface area contributed by atoms with Gasteiger partial charge in [-0.2, -0.15) is 0 Å². The first-order valence-electron chi connectivity index (χ1n) is 2.68. The lowest BCUT2D eigenvalue weighted by atomic mass is 10.5. The second-order valence-electron chi connectivity index (χ2n) is 1.64. The van der Waals surface area contributed by atoms with E-state index in [4.69, 9.17) is 0 Å². The SMILES string of the molecule is C=C(OC(C)=O)C(=C)SC. The van der Waals surface area contributed by atoms with Gasteiger partial charge in [-0.25, -0.2) is 0 Å². The summed E-state index contributed by atoms with van der Waals surface area (Å²) in [5, 5.41) is 0. The number of carbonyl (C=O) groups excluding carboxylic acids is 1. The minimum atomic E-state index is -0.361. The summed E-state index contributed by atoms with van der Waals surface area (Å²) < 4.78 is 4.65. The van der Waals surface area contributed by atoms with Gasteiger partial charge in [0.05, 0.1) is 0 Å². The Hall–Kier alpha value is -0.700.